The highest BCUT2D eigenvalue weighted by atomic mass is 16.6. The fraction of sp³-hybridized carbons (Fsp3) is 0.750. The highest BCUT2D eigenvalue weighted by Crippen LogP contribution is 2.32. The van der Waals surface area contributed by atoms with Crippen LogP contribution in [0.3, 0.4) is 0 Å². The fourth-order valence-corrected chi connectivity index (χ4v) is 2.50. The summed E-state index contributed by atoms with van der Waals surface area (Å²) in [5.41, 5.74) is 17.4. The summed E-state index contributed by atoms with van der Waals surface area (Å²) in [6.07, 6.45) is -3.70. The van der Waals surface area contributed by atoms with E-state index in [1.807, 2.05) is 0 Å². The molecular formula is C12H16N6O6. The third-order valence-electron chi connectivity index (χ3n) is 3.20. The summed E-state index contributed by atoms with van der Waals surface area (Å²) < 4.78 is 15.3. The van der Waals surface area contributed by atoms with Gasteiger partial charge in [0.15, 0.2) is 18.3 Å². The molecule has 1 fully saturated rings. The van der Waals surface area contributed by atoms with Gasteiger partial charge < -0.3 is 14.2 Å². The monoisotopic (exact) mass is 340 g/mol. The van der Waals surface area contributed by atoms with Crippen LogP contribution < -0.4 is 0 Å². The molecule has 0 spiro atoms. The lowest BCUT2D eigenvalue weighted by Gasteiger charge is -2.41. The van der Waals surface area contributed by atoms with Crippen LogP contribution in [0.25, 0.3) is 20.9 Å². The van der Waals surface area contributed by atoms with Gasteiger partial charge in [0.25, 0.3) is 0 Å². The van der Waals surface area contributed by atoms with Gasteiger partial charge in [-0.2, -0.15) is 0 Å². The van der Waals surface area contributed by atoms with Crippen molar-refractivity contribution in [1.29, 1.82) is 0 Å². The van der Waals surface area contributed by atoms with Crippen molar-refractivity contribution in [3.8, 4) is 0 Å². The number of azide groups is 2. The van der Waals surface area contributed by atoms with Crippen molar-refractivity contribution in [2.24, 2.45) is 10.2 Å². The number of hydrogen-bond donors (Lipinski definition) is 0. The predicted molar refractivity (Wildman–Crippen MR) is 77.1 cm³/mol. The second-order valence-electron chi connectivity index (χ2n) is 5.00. The molecule has 1 aliphatic carbocycles. The maximum atomic E-state index is 11.4. The molecule has 0 aromatic rings. The summed E-state index contributed by atoms with van der Waals surface area (Å²) in [5.74, 6) is -2.16. The van der Waals surface area contributed by atoms with Crippen molar-refractivity contribution in [1.82, 2.24) is 0 Å². The smallest absolute Gasteiger partial charge is 0.303 e. The van der Waals surface area contributed by atoms with E-state index < -0.39 is 48.3 Å². The van der Waals surface area contributed by atoms with Gasteiger partial charge in [0, 0.05) is 30.6 Å². The van der Waals surface area contributed by atoms with Crippen LogP contribution in [0.1, 0.15) is 27.2 Å². The number of carbonyl (C=O) groups is 3. The molecule has 0 aromatic heterocycles. The molecule has 0 heterocycles. The zero-order valence-corrected chi connectivity index (χ0v) is 13.2. The summed E-state index contributed by atoms with van der Waals surface area (Å²) in [5, 5.41) is 7.02. The van der Waals surface area contributed by atoms with Crippen molar-refractivity contribution < 1.29 is 28.6 Å². The SMILES string of the molecule is CC(=O)OC1C(N=[N+]=[N-])CC(N=[N+]=[N-])C(OC(C)=O)C1OC(C)=O. The van der Waals surface area contributed by atoms with Crippen LogP contribution in [0, 0.1) is 0 Å². The first kappa shape index (κ1) is 19.1. The van der Waals surface area contributed by atoms with Gasteiger partial charge >= 0.3 is 17.9 Å². The van der Waals surface area contributed by atoms with Gasteiger partial charge in [0.05, 0.1) is 12.1 Å². The fourth-order valence-electron chi connectivity index (χ4n) is 2.50. The van der Waals surface area contributed by atoms with Crippen LogP contribution in [0.2, 0.25) is 0 Å². The summed E-state index contributed by atoms with van der Waals surface area (Å²) in [6, 6.07) is -1.93. The number of hydrogen-bond acceptors (Lipinski definition) is 8. The molecule has 130 valence electrons. The molecule has 4 atom stereocenters. The molecule has 4 unspecified atom stereocenters. The molecule has 1 rings (SSSR count). The lowest BCUT2D eigenvalue weighted by atomic mass is 9.84. The van der Waals surface area contributed by atoms with Crippen LogP contribution in [0.5, 0.6) is 0 Å². The van der Waals surface area contributed by atoms with Crippen LogP contribution in [-0.4, -0.2) is 48.3 Å². The Morgan fingerprint density at radius 2 is 1.12 bits per heavy atom. The lowest BCUT2D eigenvalue weighted by Crippen LogP contribution is -2.58. The van der Waals surface area contributed by atoms with Crippen molar-refractivity contribution in [3.63, 3.8) is 0 Å². The van der Waals surface area contributed by atoms with E-state index in [1.165, 1.54) is 0 Å². The van der Waals surface area contributed by atoms with Crippen LogP contribution in [0.15, 0.2) is 10.2 Å². The highest BCUT2D eigenvalue weighted by Gasteiger charge is 2.50. The first-order chi connectivity index (χ1) is 11.3. The summed E-state index contributed by atoms with van der Waals surface area (Å²) in [7, 11) is 0. The zero-order valence-electron chi connectivity index (χ0n) is 13.2. The molecule has 1 aliphatic rings. The van der Waals surface area contributed by atoms with E-state index in [9.17, 15) is 14.4 Å². The molecule has 0 bridgehead atoms. The Hall–Kier alpha value is -2.97. The third kappa shape index (κ3) is 5.04. The van der Waals surface area contributed by atoms with E-state index >= 15 is 0 Å². The number of nitrogens with zero attached hydrogens (tertiary/aromatic N) is 6. The topological polar surface area (TPSA) is 176 Å². The standard InChI is InChI=1S/C12H16N6O6/c1-5(19)22-10-8(15-17-13)4-9(16-18-14)11(23-6(2)20)12(10)24-7(3)21/h8-12H,4H2,1-3H3. The molecule has 1 saturated carbocycles. The lowest BCUT2D eigenvalue weighted by molar-refractivity contribution is -0.193. The van der Waals surface area contributed by atoms with Gasteiger partial charge in [-0.1, -0.05) is 10.2 Å². The molecular weight excluding hydrogens is 324 g/mol. The summed E-state index contributed by atoms with van der Waals surface area (Å²) in [6.45, 7) is 3.35. The third-order valence-corrected chi connectivity index (χ3v) is 3.20. The van der Waals surface area contributed by atoms with Crippen molar-refractivity contribution in [3.05, 3.63) is 20.9 Å². The van der Waals surface area contributed by atoms with Crippen molar-refractivity contribution in [2.45, 2.75) is 57.6 Å². The van der Waals surface area contributed by atoms with Crippen molar-refractivity contribution >= 4 is 17.9 Å². The molecule has 24 heavy (non-hydrogen) atoms. The van der Waals surface area contributed by atoms with Crippen molar-refractivity contribution in [2.75, 3.05) is 0 Å². The summed E-state index contributed by atoms with van der Waals surface area (Å²) >= 11 is 0. The molecule has 12 nitrogen and oxygen atoms in total. The Morgan fingerprint density at radius 3 is 1.42 bits per heavy atom. The molecule has 0 saturated heterocycles. The summed E-state index contributed by atoms with van der Waals surface area (Å²) in [4.78, 5) is 39.4. The first-order valence-electron chi connectivity index (χ1n) is 6.90. The van der Waals surface area contributed by atoms with Gasteiger partial charge in [0.1, 0.15) is 0 Å². The van der Waals surface area contributed by atoms with E-state index in [-0.39, 0.29) is 6.42 Å². The number of esters is 3. The van der Waals surface area contributed by atoms with Crippen LogP contribution in [-0.2, 0) is 28.6 Å². The molecule has 0 N–H and O–H groups in total. The van der Waals surface area contributed by atoms with Gasteiger partial charge in [0.2, 0.25) is 0 Å². The van der Waals surface area contributed by atoms with E-state index in [2.05, 4.69) is 20.1 Å². The minimum Gasteiger partial charge on any atom is -0.458 e. The molecule has 0 aliphatic heterocycles. The van der Waals surface area contributed by atoms with E-state index in [0.29, 0.717) is 0 Å². The Labute approximate surface area is 136 Å². The minimum absolute atomic E-state index is 0.0538. The first-order valence-corrected chi connectivity index (χ1v) is 6.90. The van der Waals surface area contributed by atoms with E-state index in [0.717, 1.165) is 20.8 Å². The Kier molecular flexibility index (Phi) is 6.84. The van der Waals surface area contributed by atoms with Gasteiger partial charge in [-0.25, -0.2) is 0 Å². The largest absolute Gasteiger partial charge is 0.458 e. The number of ether oxygens (including phenoxy) is 3. The van der Waals surface area contributed by atoms with Crippen LogP contribution >= 0.6 is 0 Å². The average Bonchev–Trinajstić information content (AvgIpc) is 2.45. The normalized spacial score (nSPS) is 28.5. The van der Waals surface area contributed by atoms with Crippen LogP contribution in [0.4, 0.5) is 0 Å². The average molecular weight is 340 g/mol. The Balaban J connectivity index is 3.34. The Bertz CT molecular complexity index is 567. The molecule has 0 amide bonds. The zero-order chi connectivity index (χ0) is 18.3. The Morgan fingerprint density at radius 1 is 0.792 bits per heavy atom. The minimum atomic E-state index is -1.28. The highest BCUT2D eigenvalue weighted by molar-refractivity contribution is 5.68. The quantitative estimate of drug-likeness (QED) is 0.241. The molecule has 0 radical (unpaired) electrons. The van der Waals surface area contributed by atoms with Gasteiger partial charge in [-0.3, -0.25) is 14.4 Å². The van der Waals surface area contributed by atoms with E-state index in [1.54, 1.807) is 0 Å². The maximum Gasteiger partial charge on any atom is 0.303 e. The number of rotatable bonds is 5. The van der Waals surface area contributed by atoms with E-state index in [4.69, 9.17) is 25.3 Å². The maximum absolute atomic E-state index is 11.4. The second-order valence-corrected chi connectivity index (χ2v) is 5.00. The number of carbonyl (C=O) groups excluding carboxylic acids is 3. The van der Waals surface area contributed by atoms with Gasteiger partial charge in [-0.05, 0) is 17.5 Å². The second kappa shape index (κ2) is 8.61. The van der Waals surface area contributed by atoms with Gasteiger partial charge in [-0.15, -0.1) is 0 Å². The molecule has 0 aromatic carbocycles. The molecule has 12 heteroatoms. The predicted octanol–water partition coefficient (Wildman–Crippen LogP) is 1.54.